The molecule has 21 heavy (non-hydrogen) atoms. The Morgan fingerprint density at radius 1 is 0.857 bits per heavy atom. The first-order chi connectivity index (χ1) is 10.1. The minimum atomic E-state index is 1.01. The minimum absolute atomic E-state index is 1.01. The summed E-state index contributed by atoms with van der Waals surface area (Å²) in [6, 6.07) is 0. The molecule has 0 aromatic heterocycles. The van der Waals surface area contributed by atoms with Crippen LogP contribution in [0.15, 0.2) is 34.9 Å². The highest BCUT2D eigenvalue weighted by Crippen LogP contribution is 2.11. The molecule has 1 aliphatic heterocycles. The molecule has 0 amide bonds. The molecule has 1 fully saturated rings. The highest BCUT2D eigenvalue weighted by molar-refractivity contribution is 5.06. The van der Waals surface area contributed by atoms with Gasteiger partial charge in [0.1, 0.15) is 0 Å². The molecule has 1 rings (SSSR count). The summed E-state index contributed by atoms with van der Waals surface area (Å²) in [5, 5.41) is 4.38. The van der Waals surface area contributed by atoms with Crippen LogP contribution in [0.5, 0.6) is 0 Å². The van der Waals surface area contributed by atoms with Crippen LogP contribution in [-0.2, 0) is 0 Å². The Kier molecular flexibility index (Phi) is 9.36. The number of rotatable bonds is 8. The third-order valence-electron chi connectivity index (χ3n) is 3.97. The van der Waals surface area contributed by atoms with Crippen molar-refractivity contribution < 1.29 is 0 Å². The first kappa shape index (κ1) is 18.2. The highest BCUT2D eigenvalue weighted by atomic mass is 15.2. The Morgan fingerprint density at radius 2 is 1.43 bits per heavy atom. The van der Waals surface area contributed by atoms with Crippen LogP contribution >= 0.6 is 0 Å². The van der Waals surface area contributed by atoms with Gasteiger partial charge in [-0.05, 0) is 53.4 Å². The van der Waals surface area contributed by atoms with Crippen molar-refractivity contribution in [1.82, 2.24) is 10.2 Å². The maximum Gasteiger partial charge on any atom is 0.0261 e. The fraction of sp³-hybridized carbons (Fsp3) is 0.684. The van der Waals surface area contributed by atoms with E-state index >= 15 is 0 Å². The Bertz CT molecular complexity index is 367. The van der Waals surface area contributed by atoms with Crippen LogP contribution in [0, 0.1) is 0 Å². The monoisotopic (exact) mass is 289 g/mol. The fourth-order valence-electron chi connectivity index (χ4n) is 2.45. The number of hydrogen-bond donors (Lipinski definition) is 0. The molecule has 0 aromatic carbocycles. The summed E-state index contributed by atoms with van der Waals surface area (Å²) in [6.07, 6.45) is 11.9. The Balaban J connectivity index is 2.18. The predicted octanol–water partition coefficient (Wildman–Crippen LogP) is 4.33. The van der Waals surface area contributed by atoms with Gasteiger partial charge in [0.2, 0.25) is 0 Å². The lowest BCUT2D eigenvalue weighted by Gasteiger charge is -2.25. The molecule has 0 aromatic rings. The van der Waals surface area contributed by atoms with Gasteiger partial charge in [0.25, 0.3) is 0 Å². The fourth-order valence-corrected chi connectivity index (χ4v) is 2.45. The van der Waals surface area contributed by atoms with E-state index in [2.05, 4.69) is 56.1 Å². The summed E-state index contributed by atoms with van der Waals surface area (Å²) in [5.41, 5.74) is 4.47. The van der Waals surface area contributed by atoms with Crippen LogP contribution in [0.25, 0.3) is 0 Å². The van der Waals surface area contributed by atoms with Crippen molar-refractivity contribution in [3.63, 3.8) is 0 Å². The van der Waals surface area contributed by atoms with Gasteiger partial charge >= 0.3 is 0 Å². The average molecular weight is 289 g/mol. The van der Waals surface area contributed by atoms with Crippen molar-refractivity contribution in [2.45, 2.75) is 53.4 Å². The summed E-state index contributed by atoms with van der Waals surface area (Å²) in [6.45, 7) is 14.3. The molecule has 1 heterocycles. The molecule has 0 atom stereocenters. The van der Waals surface area contributed by atoms with E-state index in [-0.39, 0.29) is 0 Å². The second-order valence-corrected chi connectivity index (χ2v) is 6.43. The van der Waals surface area contributed by atoms with Gasteiger partial charge in [0.15, 0.2) is 0 Å². The summed E-state index contributed by atoms with van der Waals surface area (Å²) in [7, 11) is 0. The van der Waals surface area contributed by atoms with Gasteiger partial charge in [-0.1, -0.05) is 34.9 Å². The van der Waals surface area contributed by atoms with Crippen molar-refractivity contribution >= 4 is 0 Å². The molecule has 0 saturated carbocycles. The third-order valence-corrected chi connectivity index (χ3v) is 3.97. The molecule has 0 bridgehead atoms. The minimum Gasteiger partial charge on any atom is -0.297 e. The van der Waals surface area contributed by atoms with E-state index in [1.807, 2.05) is 0 Å². The van der Waals surface area contributed by atoms with Gasteiger partial charge in [-0.15, -0.1) is 0 Å². The van der Waals surface area contributed by atoms with Gasteiger partial charge in [0, 0.05) is 32.7 Å². The smallest absolute Gasteiger partial charge is 0.0261 e. The maximum absolute atomic E-state index is 4.38. The summed E-state index contributed by atoms with van der Waals surface area (Å²) >= 11 is 0. The highest BCUT2D eigenvalue weighted by Gasteiger charge is 2.07. The largest absolute Gasteiger partial charge is 0.297 e. The molecular weight excluding hydrogens is 256 g/mol. The lowest BCUT2D eigenvalue weighted by atomic mass is 10.1. The summed E-state index contributed by atoms with van der Waals surface area (Å²) < 4.78 is 0. The van der Waals surface area contributed by atoms with Crippen LogP contribution in [0.4, 0.5) is 0 Å². The molecule has 119 valence electrons. The van der Waals surface area contributed by atoms with Crippen molar-refractivity contribution in [3.8, 4) is 0 Å². The molecule has 2 nitrogen and oxygen atoms in total. The molecule has 1 aliphatic rings. The normalized spacial score (nSPS) is 17.9. The van der Waals surface area contributed by atoms with Crippen LogP contribution in [0.1, 0.15) is 53.4 Å². The number of allylic oxidation sites excluding steroid dienone is 5. The van der Waals surface area contributed by atoms with E-state index in [1.54, 1.807) is 0 Å². The van der Waals surface area contributed by atoms with E-state index in [9.17, 15) is 0 Å². The van der Waals surface area contributed by atoms with Crippen molar-refractivity contribution in [2.75, 3.05) is 32.7 Å². The zero-order chi connectivity index (χ0) is 15.5. The van der Waals surface area contributed by atoms with Crippen molar-refractivity contribution in [3.05, 3.63) is 34.9 Å². The molecule has 0 aliphatic carbocycles. The summed E-state index contributed by atoms with van der Waals surface area (Å²) in [4.78, 5) is 2.50. The Labute approximate surface area is 132 Å². The first-order valence-electron chi connectivity index (χ1n) is 8.38. The van der Waals surface area contributed by atoms with Crippen LogP contribution in [0.3, 0.4) is 0 Å². The Morgan fingerprint density at radius 3 is 2.05 bits per heavy atom. The van der Waals surface area contributed by atoms with E-state index in [0.717, 1.165) is 32.7 Å². The first-order valence-corrected chi connectivity index (χ1v) is 8.38. The van der Waals surface area contributed by atoms with Gasteiger partial charge in [-0.3, -0.25) is 4.90 Å². The topological polar surface area (TPSA) is 17.3 Å². The van der Waals surface area contributed by atoms with E-state index in [4.69, 9.17) is 0 Å². The van der Waals surface area contributed by atoms with E-state index in [0.29, 0.717) is 0 Å². The predicted molar refractivity (Wildman–Crippen MR) is 93.7 cm³/mol. The average Bonchev–Trinajstić information content (AvgIpc) is 2.46. The standard InChI is InChI=1S/C19H33N2/c1-17(2)7-5-8-18(3)9-6-10-19(4)11-14-21-15-12-20-13-16-21/h7,9,11H,5-6,8,10,12-16H2,1-4H3. The second-order valence-electron chi connectivity index (χ2n) is 6.43. The van der Waals surface area contributed by atoms with Crippen LogP contribution < -0.4 is 5.32 Å². The second kappa shape index (κ2) is 10.8. The van der Waals surface area contributed by atoms with Gasteiger partial charge < -0.3 is 0 Å². The number of piperazine rings is 1. The van der Waals surface area contributed by atoms with Crippen LogP contribution in [0.2, 0.25) is 0 Å². The molecule has 2 heteroatoms. The zero-order valence-corrected chi connectivity index (χ0v) is 14.5. The number of nitrogens with zero attached hydrogens (tertiary/aromatic N) is 2. The zero-order valence-electron chi connectivity index (χ0n) is 14.5. The maximum atomic E-state index is 4.38. The van der Waals surface area contributed by atoms with Crippen molar-refractivity contribution in [1.29, 1.82) is 0 Å². The lowest BCUT2D eigenvalue weighted by molar-refractivity contribution is 0.261. The Hall–Kier alpha value is -0.860. The molecule has 1 saturated heterocycles. The SMILES string of the molecule is CC(C)=CCCC(C)=CCCC(C)=CCN1CC[N]CC1. The van der Waals surface area contributed by atoms with Gasteiger partial charge in [0.05, 0.1) is 0 Å². The number of hydrogen-bond acceptors (Lipinski definition) is 1. The van der Waals surface area contributed by atoms with E-state index in [1.165, 1.54) is 42.4 Å². The third kappa shape index (κ3) is 9.65. The van der Waals surface area contributed by atoms with Crippen LogP contribution in [-0.4, -0.2) is 37.6 Å². The quantitative estimate of drug-likeness (QED) is 0.608. The van der Waals surface area contributed by atoms with Crippen molar-refractivity contribution in [2.24, 2.45) is 0 Å². The molecule has 1 radical (unpaired) electrons. The molecule has 0 unspecified atom stereocenters. The lowest BCUT2D eigenvalue weighted by Crippen LogP contribution is -2.40. The van der Waals surface area contributed by atoms with Gasteiger partial charge in [-0.2, -0.15) is 0 Å². The van der Waals surface area contributed by atoms with Gasteiger partial charge in [-0.25, -0.2) is 5.32 Å². The van der Waals surface area contributed by atoms with E-state index < -0.39 is 0 Å². The molecular formula is C19H33N2. The molecule has 0 spiro atoms. The summed E-state index contributed by atoms with van der Waals surface area (Å²) in [5.74, 6) is 0. The molecule has 0 N–H and O–H groups in total.